The zero-order chi connectivity index (χ0) is 90.2. The standard InChI is InChI=1S/C40H54F4N2O10.C22H29F4NO7.C18H27NO4.CH3BOP/c1-25(33(48)52-24-27-15-13-12-14-16-27)53-34(49)29(22-37(2,3)4)45(10)32(47)31(21-26-17-19-28(20-18-26)55-40(42,43)44)54-35(50)30(23-39(8,9)41)46(11)36(51)56-38(5,6)7;1-20(2,3)34-19(31)27(6)15(12-21(4,5)23)18(30)32-16(17(28)29)11-13-7-9-14(10-8-13)33-22(24,25)26;1-13(16(20)22-12-14-9-7-6-8-10-14)23-17(21)15(19-5)11-18(2,3)4;1-2-4-3/h12-20,25,29-31H,21-24H2,1-11H3;7-10,15-16H,11-12H2,1-6H3,(H,28,29);6-10,13,15,19H,11-12H2,1-5H3;1H3/t25-,29+,30+,31-;15-,16+;13-,15+;/m101./s1. The van der Waals surface area contributed by atoms with E-state index in [-0.39, 0.29) is 44.5 Å². The summed E-state index contributed by atoms with van der Waals surface area (Å²) in [6.45, 7) is 32.0. The second-order valence-corrected chi connectivity index (χ2v) is 33.3. The van der Waals surface area contributed by atoms with Crippen LogP contribution in [0.1, 0.15) is 173 Å². The van der Waals surface area contributed by atoms with Crippen molar-refractivity contribution in [1.29, 1.82) is 0 Å². The van der Waals surface area contributed by atoms with Crippen LogP contribution in [0.25, 0.3) is 0 Å². The maximum absolute atomic E-state index is 15.1. The fourth-order valence-electron chi connectivity index (χ4n) is 10.0. The second-order valence-electron chi connectivity index (χ2n) is 32.6. The molecule has 117 heavy (non-hydrogen) atoms. The minimum absolute atomic E-state index is 0.00402. The number of carbonyl (C=O) groups is 10. The Morgan fingerprint density at radius 1 is 0.436 bits per heavy atom. The molecule has 0 saturated carbocycles. The molecule has 0 fully saturated rings. The lowest BCUT2D eigenvalue weighted by atomic mass is 9.87. The van der Waals surface area contributed by atoms with E-state index in [1.54, 1.807) is 114 Å². The summed E-state index contributed by atoms with van der Waals surface area (Å²) in [4.78, 5) is 131. The summed E-state index contributed by atoms with van der Waals surface area (Å²) in [6.07, 6.45) is -18.9. The Bertz CT molecular complexity index is 3810. The Morgan fingerprint density at radius 3 is 1.05 bits per heavy atom. The highest BCUT2D eigenvalue weighted by molar-refractivity contribution is 7.60. The maximum atomic E-state index is 15.1. The van der Waals surface area contributed by atoms with Gasteiger partial charge in [-0.2, -0.15) is 0 Å². The Kier molecular flexibility index (Phi) is 42.4. The van der Waals surface area contributed by atoms with E-state index in [0.717, 1.165) is 44.5 Å². The van der Waals surface area contributed by atoms with Gasteiger partial charge in [-0.05, 0) is 160 Å². The van der Waals surface area contributed by atoms with Gasteiger partial charge in [-0.1, -0.05) is 133 Å². The maximum Gasteiger partial charge on any atom is 0.573 e. The quantitative estimate of drug-likeness (QED) is 0.0147. The molecular weight excluding hydrogens is 1570 g/mol. The van der Waals surface area contributed by atoms with Gasteiger partial charge in [0.1, 0.15) is 71.4 Å². The molecule has 4 aromatic rings. The van der Waals surface area contributed by atoms with Crippen molar-refractivity contribution in [3.8, 4) is 11.5 Å². The van der Waals surface area contributed by atoms with Gasteiger partial charge in [-0.25, -0.2) is 47.1 Å². The van der Waals surface area contributed by atoms with E-state index in [1.165, 1.54) is 87.0 Å². The topological polar surface area (TPSA) is 322 Å². The van der Waals surface area contributed by atoms with E-state index in [4.69, 9.17) is 37.9 Å². The van der Waals surface area contributed by atoms with Gasteiger partial charge in [0.2, 0.25) is 13.1 Å². The first-order valence-electron chi connectivity index (χ1n) is 37.0. The normalized spacial score (nSPS) is 13.9. The first-order chi connectivity index (χ1) is 53.5. The van der Waals surface area contributed by atoms with Crippen molar-refractivity contribution in [1.82, 2.24) is 20.0 Å². The van der Waals surface area contributed by atoms with Crippen LogP contribution in [0.15, 0.2) is 109 Å². The Labute approximate surface area is 681 Å². The summed E-state index contributed by atoms with van der Waals surface area (Å²) in [5.74, 6) is -8.72. The van der Waals surface area contributed by atoms with Gasteiger partial charge in [0.25, 0.3) is 5.91 Å². The number of rotatable bonds is 33. The molecule has 4 rings (SSSR count). The summed E-state index contributed by atoms with van der Waals surface area (Å²) in [7, 11) is 5.49. The fraction of sp³-hybridized carbons (Fsp3) is 0.580. The van der Waals surface area contributed by atoms with Crippen LogP contribution < -0.4 is 14.8 Å². The summed E-state index contributed by atoms with van der Waals surface area (Å²) in [5.41, 5.74) is -4.43. The molecule has 0 aliphatic carbocycles. The molecular formula is C81H113BF8N4O22P. The van der Waals surface area contributed by atoms with E-state index in [1.807, 2.05) is 51.1 Å². The highest BCUT2D eigenvalue weighted by Crippen LogP contribution is 2.31. The van der Waals surface area contributed by atoms with Crippen molar-refractivity contribution in [3.63, 3.8) is 0 Å². The predicted octanol–water partition coefficient (Wildman–Crippen LogP) is 15.5. The highest BCUT2D eigenvalue weighted by Gasteiger charge is 2.44. The largest absolute Gasteiger partial charge is 0.573 e. The number of carboxylic acids is 1. The number of hydrogen-bond acceptors (Lipinski definition) is 22. The monoisotopic (exact) mass is 1690 g/mol. The number of likely N-dealkylation sites (N-methyl/N-ethyl adjacent to an activating group) is 4. The molecule has 0 unspecified atom stereocenters. The third-order valence-electron chi connectivity index (χ3n) is 15.6. The van der Waals surface area contributed by atoms with Gasteiger partial charge in [-0.15, -0.1) is 26.3 Å². The highest BCUT2D eigenvalue weighted by atomic mass is 31.1. The zero-order valence-electron chi connectivity index (χ0n) is 70.6. The number of amides is 3. The molecule has 0 saturated heterocycles. The number of hydrogen-bond donors (Lipinski definition) is 2. The van der Waals surface area contributed by atoms with Crippen LogP contribution in [0.2, 0.25) is 6.82 Å². The molecule has 36 heteroatoms. The first-order valence-corrected chi connectivity index (χ1v) is 37.8. The van der Waals surface area contributed by atoms with Crippen molar-refractivity contribution in [2.75, 3.05) is 28.2 Å². The smallest absolute Gasteiger partial charge is 0.478 e. The lowest BCUT2D eigenvalue weighted by Gasteiger charge is -2.35. The fourth-order valence-corrected chi connectivity index (χ4v) is 10.0. The van der Waals surface area contributed by atoms with Crippen LogP contribution in [0.4, 0.5) is 44.7 Å². The van der Waals surface area contributed by atoms with Crippen molar-refractivity contribution >= 4 is 75.2 Å². The van der Waals surface area contributed by atoms with Crippen LogP contribution in [-0.2, 0) is 107 Å². The van der Waals surface area contributed by atoms with Crippen LogP contribution in [0, 0.1) is 10.8 Å². The second kappa shape index (κ2) is 47.1. The third kappa shape index (κ3) is 45.6. The lowest BCUT2D eigenvalue weighted by molar-refractivity contribution is -0.275. The molecule has 653 valence electrons. The minimum atomic E-state index is -4.97. The molecule has 0 bridgehead atoms. The number of carbonyl (C=O) groups excluding carboxylic acids is 9. The number of benzene rings is 4. The van der Waals surface area contributed by atoms with E-state index in [9.17, 15) is 88.3 Å². The average Bonchev–Trinajstić information content (AvgIpc) is 0.819. The molecule has 0 heterocycles. The van der Waals surface area contributed by atoms with Crippen LogP contribution >= 0.6 is 8.34 Å². The van der Waals surface area contributed by atoms with Gasteiger partial charge in [0, 0.05) is 46.8 Å². The first kappa shape index (κ1) is 105. The number of esters is 6. The molecule has 1 radical (unpaired) electrons. The number of nitrogens with zero attached hydrogens (tertiary/aromatic N) is 3. The molecule has 3 amide bonds. The van der Waals surface area contributed by atoms with Crippen molar-refractivity contribution in [2.24, 2.45) is 10.8 Å². The third-order valence-corrected chi connectivity index (χ3v) is 15.8. The molecule has 0 aliphatic heterocycles. The van der Waals surface area contributed by atoms with Gasteiger partial charge in [-0.3, -0.25) is 24.0 Å². The van der Waals surface area contributed by atoms with Crippen molar-refractivity contribution < 1.29 is 140 Å². The Hall–Kier alpha value is -9.66. The number of alkyl halides is 8. The molecule has 26 nitrogen and oxygen atoms in total. The summed E-state index contributed by atoms with van der Waals surface area (Å²) in [6, 6.07) is 22.0. The number of nitrogens with one attached hydrogen (secondary N) is 1. The minimum Gasteiger partial charge on any atom is -0.478 e. The van der Waals surface area contributed by atoms with E-state index >= 15 is 4.39 Å². The SMILES string of the molecule is CN(C(=O)OC(C)(C)C)[C@@H](CC(C)(C)F)C(=O)O[C@H](Cc1ccc(OC(F)(F)F)cc1)C(=O)O.CN[C@@H](CC(C)(C)C)C(=O)O[C@H](C)C(=O)OCc1ccccc1.C[B]P=O.C[C@@H](OC(=O)[C@H](CC(C)(C)C)N(C)C(=O)[C@@H](Cc1ccc(OC(F)(F)F)cc1)OC(=O)[C@H](CC(C)(C)F)N(C)C(=O)OC(C)(C)C)C(=O)OCc1ccccc1. The molecule has 8 atom stereocenters. The summed E-state index contributed by atoms with van der Waals surface area (Å²) in [5, 5.41) is 12.4. The number of carboxylic acid groups (broad SMARTS) is 1. The predicted molar refractivity (Wildman–Crippen MR) is 417 cm³/mol. The molecule has 0 aromatic heterocycles. The van der Waals surface area contributed by atoms with Gasteiger partial charge in [0.05, 0.1) is 8.34 Å². The van der Waals surface area contributed by atoms with Crippen LogP contribution in [-0.4, -0.2) is 199 Å². The molecule has 4 aromatic carbocycles. The van der Waals surface area contributed by atoms with Gasteiger partial charge in [0.15, 0.2) is 18.3 Å². The van der Waals surface area contributed by atoms with E-state index in [0.29, 0.717) is 12.0 Å². The van der Waals surface area contributed by atoms with Crippen LogP contribution in [0.3, 0.4) is 0 Å². The summed E-state index contributed by atoms with van der Waals surface area (Å²) < 4.78 is 164. The number of ether oxygens (including phenoxy) is 10. The van der Waals surface area contributed by atoms with Gasteiger partial charge >= 0.3 is 66.7 Å². The summed E-state index contributed by atoms with van der Waals surface area (Å²) >= 11 is 0. The van der Waals surface area contributed by atoms with E-state index < -0.39 is 186 Å². The average molecular weight is 1690 g/mol. The Balaban J connectivity index is 0.000000945. The van der Waals surface area contributed by atoms with Crippen molar-refractivity contribution in [3.05, 3.63) is 131 Å². The number of aliphatic carboxylic acids is 1. The van der Waals surface area contributed by atoms with Crippen molar-refractivity contribution in [2.45, 2.75) is 267 Å². The van der Waals surface area contributed by atoms with E-state index in [2.05, 4.69) is 14.8 Å². The molecule has 0 spiro atoms. The van der Waals surface area contributed by atoms with Gasteiger partial charge < -0.3 is 62.7 Å². The molecule has 0 aliphatic rings. The Morgan fingerprint density at radius 2 is 0.752 bits per heavy atom. The lowest BCUT2D eigenvalue weighted by Crippen LogP contribution is -2.53. The zero-order valence-corrected chi connectivity index (χ0v) is 71.5. The van der Waals surface area contributed by atoms with Crippen LogP contribution in [0.5, 0.6) is 11.5 Å². The number of halogens is 8. The molecule has 2 N–H and O–H groups in total.